The van der Waals surface area contributed by atoms with Crippen LogP contribution in [0.15, 0.2) is 84.9 Å². The zero-order valence-corrected chi connectivity index (χ0v) is 24.6. The van der Waals surface area contributed by atoms with Crippen LogP contribution < -0.4 is 0 Å². The van der Waals surface area contributed by atoms with Gasteiger partial charge < -0.3 is 0 Å². The van der Waals surface area contributed by atoms with E-state index >= 15 is 0 Å². The standard InChI is InChI=1S/C27H28N2.2HI.Pt/c1-3-14-26-22(8-1)10-5-12-24(26)20-28-16-7-17-29(19-18-28)21-25-13-6-11-23-9-2-4-15-27(23)25;;;/h1-6,8-15H,7,16-21H2;2*1H;/q;;;+4/p-2. The van der Waals surface area contributed by atoms with Crippen molar-refractivity contribution >= 4 is 60.3 Å². The molecule has 0 spiro atoms. The molecule has 0 aromatic heterocycles. The van der Waals surface area contributed by atoms with Gasteiger partial charge in [-0.05, 0) is 52.2 Å². The van der Waals surface area contributed by atoms with Gasteiger partial charge in [0.1, 0.15) is 0 Å². The average molecular weight is 829 g/mol. The first-order valence-corrected chi connectivity index (χ1v) is 23.9. The molecule has 1 heterocycles. The van der Waals surface area contributed by atoms with E-state index in [0.717, 1.165) is 26.2 Å². The zero-order chi connectivity index (χ0) is 22.2. The molecule has 0 atom stereocenters. The van der Waals surface area contributed by atoms with Crippen molar-refractivity contribution in [2.24, 2.45) is 0 Å². The van der Waals surface area contributed by atoms with Crippen LogP contribution in [0.4, 0.5) is 0 Å². The Morgan fingerprint density at radius 3 is 1.44 bits per heavy atom. The minimum absolute atomic E-state index is 0.523. The predicted octanol–water partition coefficient (Wildman–Crippen LogP) is 7.47. The van der Waals surface area contributed by atoms with Crippen LogP contribution in [0.5, 0.6) is 0 Å². The Morgan fingerprint density at radius 2 is 0.969 bits per heavy atom. The smallest absolute Gasteiger partial charge is 0.0240 e. The van der Waals surface area contributed by atoms with E-state index in [1.807, 2.05) is 0 Å². The van der Waals surface area contributed by atoms with E-state index in [2.05, 4.69) is 133 Å². The zero-order valence-electron chi connectivity index (χ0n) is 18.0. The molecule has 1 aliphatic rings. The fourth-order valence-electron chi connectivity index (χ4n) is 4.68. The number of hydrogen-bond acceptors (Lipinski definition) is 2. The van der Waals surface area contributed by atoms with Crippen molar-refractivity contribution in [2.75, 3.05) is 26.2 Å². The van der Waals surface area contributed by atoms with E-state index in [9.17, 15) is 0 Å². The van der Waals surface area contributed by atoms with E-state index in [4.69, 9.17) is 0 Å². The maximum atomic E-state index is 2.63. The van der Waals surface area contributed by atoms with Crippen molar-refractivity contribution in [3.63, 3.8) is 0 Å². The summed E-state index contributed by atoms with van der Waals surface area (Å²) in [5, 5.41) is 5.48. The second-order valence-electron chi connectivity index (χ2n) is 8.23. The normalized spacial score (nSPS) is 15.4. The SMILES string of the molecule is [I][Pt+2][I].c1ccc2c(CN3CCCN(Cc4cccc5ccccc45)CC3)cccc2c1. The van der Waals surface area contributed by atoms with E-state index in [1.165, 1.54) is 52.2 Å². The van der Waals surface area contributed by atoms with Gasteiger partial charge >= 0.3 is 49.9 Å². The quantitative estimate of drug-likeness (QED) is 0.197. The number of halogens is 2. The van der Waals surface area contributed by atoms with E-state index in [0.29, 0.717) is 11.2 Å². The molecule has 4 aromatic carbocycles. The van der Waals surface area contributed by atoms with Crippen LogP contribution in [0.3, 0.4) is 0 Å². The topological polar surface area (TPSA) is 6.48 Å². The van der Waals surface area contributed by atoms with Crippen molar-refractivity contribution in [3.05, 3.63) is 96.1 Å². The molecule has 1 saturated heterocycles. The molecule has 1 fully saturated rings. The van der Waals surface area contributed by atoms with Gasteiger partial charge in [0.2, 0.25) is 0 Å². The second-order valence-corrected chi connectivity index (χ2v) is 24.8. The summed E-state index contributed by atoms with van der Waals surface area (Å²) in [5.74, 6) is 0. The Morgan fingerprint density at radius 1 is 0.562 bits per heavy atom. The molecule has 32 heavy (non-hydrogen) atoms. The fraction of sp³-hybridized carbons (Fsp3) is 0.259. The maximum Gasteiger partial charge on any atom is 0.0240 e. The molecule has 0 bridgehead atoms. The van der Waals surface area contributed by atoms with Gasteiger partial charge in [0.05, 0.1) is 0 Å². The molecular formula is C27H28I2N2Pt+2. The molecule has 2 nitrogen and oxygen atoms in total. The van der Waals surface area contributed by atoms with Crippen LogP contribution in [0.1, 0.15) is 17.5 Å². The Labute approximate surface area is 220 Å². The maximum absolute atomic E-state index is 2.63. The number of rotatable bonds is 4. The minimum Gasteiger partial charge on any atom is -0.298 e. The molecule has 5 rings (SSSR count). The Balaban J connectivity index is 0.000000775. The summed E-state index contributed by atoms with van der Waals surface area (Å²) in [6.07, 6.45) is 1.23. The molecule has 0 N–H and O–H groups in total. The molecule has 1 aliphatic heterocycles. The summed E-state index contributed by atoms with van der Waals surface area (Å²) in [7, 11) is 0. The van der Waals surface area contributed by atoms with Crippen molar-refractivity contribution in [1.82, 2.24) is 9.80 Å². The van der Waals surface area contributed by atoms with Crippen LogP contribution in [-0.2, 0) is 24.3 Å². The van der Waals surface area contributed by atoms with Crippen molar-refractivity contribution in [2.45, 2.75) is 19.5 Å². The molecule has 0 radical (unpaired) electrons. The molecule has 0 amide bonds. The molecule has 0 aliphatic carbocycles. The van der Waals surface area contributed by atoms with E-state index in [-0.39, 0.29) is 0 Å². The summed E-state index contributed by atoms with van der Waals surface area (Å²) >= 11 is 5.30. The first-order valence-electron chi connectivity index (χ1n) is 11.0. The van der Waals surface area contributed by atoms with Crippen molar-refractivity contribution in [3.8, 4) is 0 Å². The fourth-order valence-corrected chi connectivity index (χ4v) is 4.68. The third-order valence-electron chi connectivity index (χ3n) is 6.23. The number of fused-ring (bicyclic) bond motifs is 2. The summed E-state index contributed by atoms with van der Waals surface area (Å²) in [4.78, 5) is 5.26. The van der Waals surface area contributed by atoms with Crippen molar-refractivity contribution in [1.29, 1.82) is 0 Å². The van der Waals surface area contributed by atoms with E-state index in [1.54, 1.807) is 0 Å². The van der Waals surface area contributed by atoms with Crippen LogP contribution in [0, 0.1) is 0 Å². The summed E-state index contributed by atoms with van der Waals surface area (Å²) in [6, 6.07) is 30.9. The summed E-state index contributed by atoms with van der Waals surface area (Å²) in [5.41, 5.74) is 2.90. The van der Waals surface area contributed by atoms with Gasteiger partial charge in [0, 0.05) is 26.2 Å². The van der Waals surface area contributed by atoms with Gasteiger partial charge in [-0.3, -0.25) is 9.80 Å². The van der Waals surface area contributed by atoms with Crippen molar-refractivity contribution < 1.29 is 11.2 Å². The summed E-state index contributed by atoms with van der Waals surface area (Å²) in [6.45, 7) is 6.71. The van der Waals surface area contributed by atoms with Gasteiger partial charge in [-0.1, -0.05) is 84.9 Å². The third kappa shape index (κ3) is 6.53. The first-order chi connectivity index (χ1) is 15.8. The van der Waals surface area contributed by atoms with Crippen LogP contribution in [0.25, 0.3) is 21.5 Å². The van der Waals surface area contributed by atoms with Crippen LogP contribution >= 0.6 is 38.7 Å². The Hall–Kier alpha value is -0.532. The van der Waals surface area contributed by atoms with E-state index < -0.39 is 0 Å². The number of nitrogens with zero attached hydrogens (tertiary/aromatic N) is 2. The third-order valence-corrected chi connectivity index (χ3v) is 6.23. The van der Waals surface area contributed by atoms with Gasteiger partial charge in [0.25, 0.3) is 0 Å². The Bertz CT molecular complexity index is 1050. The van der Waals surface area contributed by atoms with Crippen LogP contribution in [0.2, 0.25) is 0 Å². The molecule has 5 heteroatoms. The van der Waals surface area contributed by atoms with Gasteiger partial charge in [-0.2, -0.15) is 0 Å². The minimum atomic E-state index is 0.523. The monoisotopic (exact) mass is 829 g/mol. The largest absolute Gasteiger partial charge is 0.298 e. The second kappa shape index (κ2) is 12.8. The molecule has 0 unspecified atom stereocenters. The first kappa shape index (κ1) is 24.6. The predicted molar refractivity (Wildman–Crippen MR) is 151 cm³/mol. The number of benzene rings is 4. The van der Waals surface area contributed by atoms with Gasteiger partial charge in [0.15, 0.2) is 0 Å². The van der Waals surface area contributed by atoms with Gasteiger partial charge in [-0.15, -0.1) is 0 Å². The molecule has 168 valence electrons. The van der Waals surface area contributed by atoms with Crippen LogP contribution in [-0.4, -0.2) is 36.0 Å². The van der Waals surface area contributed by atoms with Gasteiger partial charge in [-0.25, -0.2) is 0 Å². The summed E-state index contributed by atoms with van der Waals surface area (Å²) < 4.78 is 0. The molecular weight excluding hydrogens is 801 g/mol. The Kier molecular flexibility index (Phi) is 9.83. The molecule has 0 saturated carbocycles. The number of hydrogen-bond donors (Lipinski definition) is 0. The molecule has 4 aromatic rings. The average Bonchev–Trinajstić information content (AvgIpc) is 3.05.